The molecule has 2 amide bonds. The number of thiazole rings is 1. The number of benzene rings is 1. The molecule has 2 aliphatic heterocycles. The number of likely N-dealkylation sites (tertiary alicyclic amines) is 1. The van der Waals surface area contributed by atoms with Crippen LogP contribution in [0.3, 0.4) is 0 Å². The molecule has 4 rings (SSSR count). The van der Waals surface area contributed by atoms with E-state index in [1.54, 1.807) is 23.1 Å². The van der Waals surface area contributed by atoms with Crippen LogP contribution in [0, 0.1) is 6.92 Å². The molecule has 2 saturated heterocycles. The number of carbonyl (C=O) groups excluding carboxylic acids is 1. The van der Waals surface area contributed by atoms with Crippen molar-refractivity contribution in [3.8, 4) is 0 Å². The van der Waals surface area contributed by atoms with Crippen molar-refractivity contribution in [1.29, 1.82) is 0 Å². The molecule has 1 N–H and O–H groups in total. The summed E-state index contributed by atoms with van der Waals surface area (Å²) in [5.41, 5.74) is 1.97. The number of fused-ring (bicyclic) bond motifs is 1. The van der Waals surface area contributed by atoms with Crippen molar-refractivity contribution in [2.75, 3.05) is 37.8 Å². The Morgan fingerprint density at radius 3 is 3.04 bits per heavy atom. The highest BCUT2D eigenvalue weighted by Gasteiger charge is 2.42. The van der Waals surface area contributed by atoms with Crippen molar-refractivity contribution in [2.24, 2.45) is 0 Å². The molecule has 2 aliphatic rings. The van der Waals surface area contributed by atoms with E-state index in [1.807, 2.05) is 42.3 Å². The van der Waals surface area contributed by atoms with Gasteiger partial charge in [0, 0.05) is 29.9 Å². The van der Waals surface area contributed by atoms with Crippen molar-refractivity contribution in [3.63, 3.8) is 0 Å². The largest absolute Gasteiger partial charge is 0.373 e. The maximum Gasteiger partial charge on any atom is 0.322 e. The number of nitrogens with zero attached hydrogens (tertiary/aromatic N) is 3. The van der Waals surface area contributed by atoms with Crippen LogP contribution in [0.15, 0.2) is 34.5 Å². The van der Waals surface area contributed by atoms with Gasteiger partial charge < -0.3 is 15.0 Å². The molecule has 0 bridgehead atoms. The zero-order chi connectivity index (χ0) is 18.8. The van der Waals surface area contributed by atoms with Crippen molar-refractivity contribution < 1.29 is 9.53 Å². The fourth-order valence-electron chi connectivity index (χ4n) is 3.75. The second-order valence-electron chi connectivity index (χ2n) is 6.84. The number of aromatic nitrogens is 1. The van der Waals surface area contributed by atoms with E-state index in [1.165, 1.54) is 0 Å². The van der Waals surface area contributed by atoms with E-state index in [0.717, 1.165) is 34.4 Å². The van der Waals surface area contributed by atoms with E-state index in [2.05, 4.69) is 20.6 Å². The number of morpholine rings is 1. The predicted octanol–water partition coefficient (Wildman–Crippen LogP) is 3.29. The summed E-state index contributed by atoms with van der Waals surface area (Å²) < 4.78 is 5.97. The molecule has 2 fully saturated rings. The minimum Gasteiger partial charge on any atom is -0.373 e. The minimum atomic E-state index is -0.0565. The Hall–Kier alpha value is -1.61. The number of carbonyl (C=O) groups is 1. The fourth-order valence-corrected chi connectivity index (χ4v) is 4.91. The molecule has 2 atom stereocenters. The molecule has 0 spiro atoms. The Morgan fingerprint density at radius 2 is 2.26 bits per heavy atom. The molecule has 1 aromatic heterocycles. The van der Waals surface area contributed by atoms with Crippen molar-refractivity contribution in [1.82, 2.24) is 14.8 Å². The monoisotopic (exact) mass is 404 g/mol. The number of hydrogen-bond donors (Lipinski definition) is 1. The molecule has 1 aromatic carbocycles. The Labute approximate surface area is 167 Å². The zero-order valence-corrected chi connectivity index (χ0v) is 17.2. The van der Waals surface area contributed by atoms with Gasteiger partial charge in [-0.2, -0.15) is 0 Å². The Kier molecular flexibility index (Phi) is 5.68. The number of rotatable bonds is 4. The second-order valence-corrected chi connectivity index (χ2v) is 8.75. The molecule has 2 aromatic rings. The molecule has 8 heteroatoms. The third-order valence-corrected chi connectivity index (χ3v) is 6.70. The van der Waals surface area contributed by atoms with E-state index in [4.69, 9.17) is 4.74 Å². The number of urea groups is 1. The summed E-state index contributed by atoms with van der Waals surface area (Å²) in [5, 5.41) is 6.28. The van der Waals surface area contributed by atoms with Gasteiger partial charge in [-0.15, -0.1) is 23.1 Å². The highest BCUT2D eigenvalue weighted by atomic mass is 32.2. The average molecular weight is 405 g/mol. The van der Waals surface area contributed by atoms with Crippen molar-refractivity contribution in [3.05, 3.63) is 40.3 Å². The normalized spacial score (nSPS) is 22.7. The molecule has 0 aliphatic carbocycles. The molecule has 6 nitrogen and oxygen atoms in total. The lowest BCUT2D eigenvalue weighted by atomic mass is 10.1. The highest BCUT2D eigenvalue weighted by molar-refractivity contribution is 7.98. The summed E-state index contributed by atoms with van der Waals surface area (Å²) in [5.74, 6) is 0. The number of hydrogen-bond acceptors (Lipinski definition) is 6. The lowest BCUT2D eigenvalue weighted by Crippen LogP contribution is -2.50. The standard InChI is InChI=1S/C19H24N4O2S2/c1-13-20-14(12-27-13)9-22-7-8-25-17-11-23(10-16(17)22)19(24)21-15-5-3-4-6-18(15)26-2/h3-6,12,16-17H,7-11H2,1-2H3,(H,21,24)/t16-,17-/m0/s1. The number of amides is 2. The van der Waals surface area contributed by atoms with Crippen LogP contribution in [0.5, 0.6) is 0 Å². The quantitative estimate of drug-likeness (QED) is 0.793. The first kappa shape index (κ1) is 18.7. The average Bonchev–Trinajstić information content (AvgIpc) is 3.29. The fraction of sp³-hybridized carbons (Fsp3) is 0.474. The Bertz CT molecular complexity index is 813. The van der Waals surface area contributed by atoms with Crippen LogP contribution in [0.2, 0.25) is 0 Å². The van der Waals surface area contributed by atoms with Crippen molar-refractivity contribution >= 4 is 34.8 Å². The molecule has 0 unspecified atom stereocenters. The zero-order valence-electron chi connectivity index (χ0n) is 15.6. The van der Waals surface area contributed by atoms with Gasteiger partial charge in [0.05, 0.1) is 41.7 Å². The van der Waals surface area contributed by atoms with Crippen LogP contribution < -0.4 is 5.32 Å². The summed E-state index contributed by atoms with van der Waals surface area (Å²) in [4.78, 5) is 22.8. The van der Waals surface area contributed by atoms with Gasteiger partial charge in [0.25, 0.3) is 0 Å². The van der Waals surface area contributed by atoms with Gasteiger partial charge in [-0.25, -0.2) is 9.78 Å². The van der Waals surface area contributed by atoms with Crippen LogP contribution >= 0.6 is 23.1 Å². The van der Waals surface area contributed by atoms with Crippen LogP contribution in [0.1, 0.15) is 10.7 Å². The van der Waals surface area contributed by atoms with Crippen LogP contribution in [-0.2, 0) is 11.3 Å². The van der Waals surface area contributed by atoms with E-state index >= 15 is 0 Å². The molecule has 0 radical (unpaired) electrons. The maximum atomic E-state index is 12.8. The summed E-state index contributed by atoms with van der Waals surface area (Å²) in [6.45, 7) is 5.74. The highest BCUT2D eigenvalue weighted by Crippen LogP contribution is 2.28. The van der Waals surface area contributed by atoms with E-state index in [0.29, 0.717) is 19.7 Å². The van der Waals surface area contributed by atoms with Crippen LogP contribution in [-0.4, -0.2) is 65.5 Å². The lowest BCUT2D eigenvalue weighted by Gasteiger charge is -2.36. The Balaban J connectivity index is 1.42. The number of nitrogens with one attached hydrogen (secondary N) is 1. The van der Waals surface area contributed by atoms with Gasteiger partial charge in [-0.1, -0.05) is 12.1 Å². The predicted molar refractivity (Wildman–Crippen MR) is 110 cm³/mol. The summed E-state index contributed by atoms with van der Waals surface area (Å²) >= 11 is 3.31. The first-order valence-electron chi connectivity index (χ1n) is 9.09. The summed E-state index contributed by atoms with van der Waals surface area (Å²) in [7, 11) is 0. The molecule has 144 valence electrons. The smallest absolute Gasteiger partial charge is 0.322 e. The van der Waals surface area contributed by atoms with Gasteiger partial charge in [0.1, 0.15) is 0 Å². The van der Waals surface area contributed by atoms with E-state index in [-0.39, 0.29) is 18.2 Å². The SMILES string of the molecule is CSc1ccccc1NC(=O)N1C[C@@H]2OCCN(Cc3csc(C)n3)[C@H]2C1. The number of anilines is 1. The van der Waals surface area contributed by atoms with Gasteiger partial charge in [0.15, 0.2) is 0 Å². The minimum absolute atomic E-state index is 0.0565. The second kappa shape index (κ2) is 8.18. The van der Waals surface area contributed by atoms with E-state index in [9.17, 15) is 4.79 Å². The van der Waals surface area contributed by atoms with E-state index < -0.39 is 0 Å². The van der Waals surface area contributed by atoms with Crippen LogP contribution in [0.25, 0.3) is 0 Å². The van der Waals surface area contributed by atoms with Gasteiger partial charge in [-0.3, -0.25) is 4.90 Å². The first-order chi connectivity index (χ1) is 13.1. The van der Waals surface area contributed by atoms with Gasteiger partial charge in [-0.05, 0) is 25.3 Å². The third-order valence-electron chi connectivity index (χ3n) is 5.08. The van der Waals surface area contributed by atoms with Gasteiger partial charge >= 0.3 is 6.03 Å². The number of thioether (sulfide) groups is 1. The van der Waals surface area contributed by atoms with Crippen LogP contribution in [0.4, 0.5) is 10.5 Å². The molecule has 3 heterocycles. The molecular weight excluding hydrogens is 380 g/mol. The molecule has 0 saturated carbocycles. The molecule has 27 heavy (non-hydrogen) atoms. The topological polar surface area (TPSA) is 57.7 Å². The lowest BCUT2D eigenvalue weighted by molar-refractivity contribution is -0.0506. The first-order valence-corrected chi connectivity index (χ1v) is 11.2. The number of para-hydroxylation sites is 1. The summed E-state index contributed by atoms with van der Waals surface area (Å²) in [6.07, 6.45) is 2.08. The third kappa shape index (κ3) is 4.13. The van der Waals surface area contributed by atoms with Crippen molar-refractivity contribution in [2.45, 2.75) is 30.5 Å². The number of aryl methyl sites for hydroxylation is 1. The number of ether oxygens (including phenoxy) is 1. The van der Waals surface area contributed by atoms with Gasteiger partial charge in [0.2, 0.25) is 0 Å². The summed E-state index contributed by atoms with van der Waals surface area (Å²) in [6, 6.07) is 8.06. The maximum absolute atomic E-state index is 12.8. The Morgan fingerprint density at radius 1 is 1.41 bits per heavy atom. The molecular formula is C19H24N4O2S2.